The second kappa shape index (κ2) is 5.20. The maximum absolute atomic E-state index is 12.4. The normalized spacial score (nSPS) is 13.9. The van der Waals surface area contributed by atoms with Crippen molar-refractivity contribution in [2.75, 3.05) is 0 Å². The average molecular weight is 422 g/mol. The molecule has 98 valence electrons. The molecule has 2 aromatic heterocycles. The van der Waals surface area contributed by atoms with Crippen LogP contribution in [0.25, 0.3) is 0 Å². The second-order valence-electron chi connectivity index (χ2n) is 3.31. The summed E-state index contributed by atoms with van der Waals surface area (Å²) < 4.78 is 39.0. The number of halogens is 5. The molecule has 0 aromatic carbocycles. The Bertz CT molecular complexity index is 545. The van der Waals surface area contributed by atoms with Crippen molar-refractivity contribution in [3.63, 3.8) is 0 Å². The van der Waals surface area contributed by atoms with E-state index in [0.717, 1.165) is 13.1 Å². The summed E-state index contributed by atoms with van der Waals surface area (Å²) >= 11 is 8.58. The Morgan fingerprint density at radius 1 is 1.22 bits per heavy atom. The van der Waals surface area contributed by atoms with E-state index < -0.39 is 17.2 Å². The van der Waals surface area contributed by atoms with Crippen molar-refractivity contribution < 1.29 is 13.2 Å². The van der Waals surface area contributed by atoms with Gasteiger partial charge in [0.1, 0.15) is 0 Å². The Kier molecular flexibility index (Phi) is 4.17. The zero-order chi connectivity index (χ0) is 13.5. The minimum absolute atomic E-state index is 0.392. The Balaban J connectivity index is 2.29. The Hall–Kier alpha value is 0.0400. The van der Waals surface area contributed by atoms with E-state index in [1.165, 1.54) is 17.5 Å². The zero-order valence-electron chi connectivity index (χ0n) is 8.46. The number of hydrogen-bond donors (Lipinski definition) is 1. The van der Waals surface area contributed by atoms with Crippen molar-refractivity contribution in [1.82, 2.24) is 4.98 Å². The van der Waals surface area contributed by atoms with Gasteiger partial charge in [0.25, 0.3) is 0 Å². The van der Waals surface area contributed by atoms with Gasteiger partial charge in [-0.3, -0.25) is 0 Å². The van der Waals surface area contributed by atoms with E-state index >= 15 is 0 Å². The summed E-state index contributed by atoms with van der Waals surface area (Å²) in [5, 5.41) is -0.873. The molecule has 0 saturated carbocycles. The molecule has 0 fully saturated rings. The number of aromatic nitrogens is 1. The highest BCUT2D eigenvalue weighted by Crippen LogP contribution is 2.39. The Morgan fingerprint density at radius 3 is 2.33 bits per heavy atom. The molecule has 1 atom stereocenters. The van der Waals surface area contributed by atoms with E-state index in [1.54, 1.807) is 6.07 Å². The molecule has 2 rings (SSSR count). The average Bonchev–Trinajstić information content (AvgIpc) is 2.85. The van der Waals surface area contributed by atoms with Crippen LogP contribution in [0.15, 0.2) is 20.5 Å². The maximum Gasteiger partial charge on any atom is 0.443 e. The van der Waals surface area contributed by atoms with Gasteiger partial charge in [-0.1, -0.05) is 0 Å². The molecule has 2 heterocycles. The lowest BCUT2D eigenvalue weighted by atomic mass is 10.2. The zero-order valence-corrected chi connectivity index (χ0v) is 13.3. The lowest BCUT2D eigenvalue weighted by Crippen LogP contribution is -2.08. The Labute approximate surface area is 125 Å². The van der Waals surface area contributed by atoms with Crippen LogP contribution >= 0.6 is 54.5 Å². The van der Waals surface area contributed by atoms with E-state index in [0.29, 0.717) is 16.2 Å². The molecule has 0 aliphatic carbocycles. The summed E-state index contributed by atoms with van der Waals surface area (Å²) in [6, 6.07) is 1.19. The van der Waals surface area contributed by atoms with Crippen LogP contribution < -0.4 is 5.73 Å². The van der Waals surface area contributed by atoms with Crippen LogP contribution in [0, 0.1) is 0 Å². The van der Waals surface area contributed by atoms with Gasteiger partial charge in [-0.05, 0) is 37.9 Å². The fraction of sp³-hybridized carbons (Fsp3) is 0.222. The van der Waals surface area contributed by atoms with Crippen molar-refractivity contribution >= 4 is 54.5 Å². The molecular formula is C9H5Br2F3N2S2. The predicted octanol–water partition coefficient (Wildman–Crippen LogP) is 4.80. The third-order valence-electron chi connectivity index (χ3n) is 2.04. The molecule has 0 aliphatic heterocycles. The number of thiazole rings is 1. The summed E-state index contributed by atoms with van der Waals surface area (Å²) in [6.45, 7) is 0. The minimum atomic E-state index is -4.42. The number of nitrogens with two attached hydrogens (primary N) is 1. The van der Waals surface area contributed by atoms with Crippen molar-refractivity contribution in [1.29, 1.82) is 0 Å². The first-order valence-electron chi connectivity index (χ1n) is 4.52. The number of alkyl halides is 3. The van der Waals surface area contributed by atoms with Crippen LogP contribution in [0.2, 0.25) is 0 Å². The third kappa shape index (κ3) is 2.96. The lowest BCUT2D eigenvalue weighted by molar-refractivity contribution is -0.137. The molecule has 0 aliphatic rings. The molecule has 2 N–H and O–H groups in total. The standard InChI is InChI=1S/C9H5Br2F3N2S2/c10-3-1-4(17-7(3)11)6(15)5-2-16-8(18-5)9(12,13)14/h1-2,6H,15H2. The van der Waals surface area contributed by atoms with E-state index in [-0.39, 0.29) is 0 Å². The fourth-order valence-corrected chi connectivity index (χ4v) is 4.21. The molecule has 2 nitrogen and oxygen atoms in total. The van der Waals surface area contributed by atoms with Gasteiger partial charge in [0.2, 0.25) is 0 Å². The molecule has 18 heavy (non-hydrogen) atoms. The van der Waals surface area contributed by atoms with Gasteiger partial charge in [-0.2, -0.15) is 13.2 Å². The van der Waals surface area contributed by atoms with Crippen LogP contribution in [0.5, 0.6) is 0 Å². The molecule has 2 aromatic rings. The number of rotatable bonds is 2. The molecule has 0 radical (unpaired) electrons. The molecule has 0 amide bonds. The molecular weight excluding hydrogens is 417 g/mol. The largest absolute Gasteiger partial charge is 0.443 e. The van der Waals surface area contributed by atoms with Gasteiger partial charge < -0.3 is 5.73 Å². The minimum Gasteiger partial charge on any atom is -0.319 e. The third-order valence-corrected chi connectivity index (χ3v) is 6.51. The quantitative estimate of drug-likeness (QED) is 0.756. The van der Waals surface area contributed by atoms with Gasteiger partial charge in [0.15, 0.2) is 5.01 Å². The summed E-state index contributed by atoms with van der Waals surface area (Å²) in [7, 11) is 0. The van der Waals surface area contributed by atoms with Crippen LogP contribution in [-0.2, 0) is 6.18 Å². The topological polar surface area (TPSA) is 38.9 Å². The van der Waals surface area contributed by atoms with Crippen molar-refractivity contribution in [3.05, 3.63) is 35.3 Å². The number of nitrogens with zero attached hydrogens (tertiary/aromatic N) is 1. The first-order chi connectivity index (χ1) is 8.29. The monoisotopic (exact) mass is 420 g/mol. The second-order valence-corrected chi connectivity index (χ2v) is 7.63. The summed E-state index contributed by atoms with van der Waals surface area (Å²) in [4.78, 5) is 4.52. The van der Waals surface area contributed by atoms with Gasteiger partial charge >= 0.3 is 6.18 Å². The van der Waals surface area contributed by atoms with Crippen molar-refractivity contribution in [2.45, 2.75) is 12.2 Å². The maximum atomic E-state index is 12.4. The molecule has 0 bridgehead atoms. The fourth-order valence-electron chi connectivity index (χ4n) is 1.22. The van der Waals surface area contributed by atoms with E-state index in [1.807, 2.05) is 0 Å². The number of hydrogen-bond acceptors (Lipinski definition) is 4. The van der Waals surface area contributed by atoms with Crippen molar-refractivity contribution in [3.8, 4) is 0 Å². The smallest absolute Gasteiger partial charge is 0.319 e. The number of thiophene rings is 1. The van der Waals surface area contributed by atoms with Crippen molar-refractivity contribution in [2.24, 2.45) is 5.73 Å². The first kappa shape index (κ1) is 14.4. The SMILES string of the molecule is NC(c1cnc(C(F)(F)F)s1)c1cc(Br)c(Br)s1. The first-order valence-corrected chi connectivity index (χ1v) is 7.74. The summed E-state index contributed by atoms with van der Waals surface area (Å²) in [6.07, 6.45) is -3.24. The lowest BCUT2D eigenvalue weighted by Gasteiger charge is -2.05. The van der Waals surface area contributed by atoms with E-state index in [4.69, 9.17) is 5.73 Å². The predicted molar refractivity (Wildman–Crippen MR) is 72.9 cm³/mol. The molecule has 0 saturated heterocycles. The van der Waals surface area contributed by atoms with Gasteiger partial charge in [0, 0.05) is 20.4 Å². The van der Waals surface area contributed by atoms with Crippen LogP contribution in [0.1, 0.15) is 20.8 Å². The van der Waals surface area contributed by atoms with E-state index in [2.05, 4.69) is 36.8 Å². The highest BCUT2D eigenvalue weighted by Gasteiger charge is 2.35. The summed E-state index contributed by atoms with van der Waals surface area (Å²) in [5.41, 5.74) is 5.93. The van der Waals surface area contributed by atoms with Gasteiger partial charge in [0.05, 0.1) is 9.83 Å². The highest BCUT2D eigenvalue weighted by atomic mass is 79.9. The van der Waals surface area contributed by atoms with Gasteiger partial charge in [-0.25, -0.2) is 4.98 Å². The molecule has 9 heteroatoms. The highest BCUT2D eigenvalue weighted by molar-refractivity contribution is 9.13. The van der Waals surface area contributed by atoms with Crippen LogP contribution in [0.4, 0.5) is 13.2 Å². The summed E-state index contributed by atoms with van der Waals surface area (Å²) in [5.74, 6) is 0. The molecule has 1 unspecified atom stereocenters. The Morgan fingerprint density at radius 2 is 1.89 bits per heavy atom. The van der Waals surface area contributed by atoms with E-state index in [9.17, 15) is 13.2 Å². The van der Waals surface area contributed by atoms with Gasteiger partial charge in [-0.15, -0.1) is 22.7 Å². The van der Waals surface area contributed by atoms with Crippen LogP contribution in [-0.4, -0.2) is 4.98 Å². The molecule has 0 spiro atoms. The van der Waals surface area contributed by atoms with Crippen LogP contribution in [0.3, 0.4) is 0 Å².